The van der Waals surface area contributed by atoms with Gasteiger partial charge in [-0.2, -0.15) is 0 Å². The second kappa shape index (κ2) is 4.39. The van der Waals surface area contributed by atoms with Crippen LogP contribution in [-0.4, -0.2) is 24.1 Å². The van der Waals surface area contributed by atoms with Crippen LogP contribution in [0.1, 0.15) is 13.3 Å². The maximum atomic E-state index is 10.0. The van der Waals surface area contributed by atoms with Crippen LogP contribution in [0.25, 0.3) is 0 Å². The molecule has 13 heavy (non-hydrogen) atoms. The van der Waals surface area contributed by atoms with Crippen molar-refractivity contribution in [1.82, 2.24) is 5.32 Å². The molecule has 1 N–H and O–H groups in total. The second-order valence-electron chi connectivity index (χ2n) is 2.60. The summed E-state index contributed by atoms with van der Waals surface area (Å²) in [4.78, 5) is 24.7. The number of hydrogen-bond donors (Lipinski definition) is 1. The van der Waals surface area contributed by atoms with Crippen molar-refractivity contribution >= 4 is 17.5 Å². The zero-order valence-corrected chi connectivity index (χ0v) is 7.24. The van der Waals surface area contributed by atoms with E-state index in [2.05, 4.69) is 9.99 Å². The monoisotopic (exact) mass is 182 g/mol. The van der Waals surface area contributed by atoms with Crippen LogP contribution in [0.5, 0.6) is 0 Å². The molecule has 0 aliphatic carbocycles. The molecule has 2 heterocycles. The number of oxime groups is 1. The number of rotatable bonds is 0. The molecule has 0 saturated heterocycles. The summed E-state index contributed by atoms with van der Waals surface area (Å²) in [6.07, 6.45) is 3.41. The molecule has 0 saturated carbocycles. The lowest BCUT2D eigenvalue weighted by Crippen LogP contribution is -2.19. The first-order valence-electron chi connectivity index (χ1n) is 3.87. The molecule has 2 aliphatic heterocycles. The van der Waals surface area contributed by atoms with E-state index in [1.165, 1.54) is 12.2 Å². The van der Waals surface area contributed by atoms with Gasteiger partial charge in [0.1, 0.15) is 6.61 Å². The quantitative estimate of drug-likeness (QED) is 0.535. The van der Waals surface area contributed by atoms with Crippen LogP contribution < -0.4 is 5.32 Å². The van der Waals surface area contributed by atoms with Gasteiger partial charge in [0, 0.05) is 18.6 Å². The van der Waals surface area contributed by atoms with Crippen molar-refractivity contribution in [3.8, 4) is 0 Å². The highest BCUT2D eigenvalue weighted by atomic mass is 16.6. The summed E-state index contributed by atoms with van der Waals surface area (Å²) in [6, 6.07) is 0. The summed E-state index contributed by atoms with van der Waals surface area (Å²) < 4.78 is 0. The first kappa shape index (κ1) is 9.44. The Morgan fingerprint density at radius 3 is 2.15 bits per heavy atom. The van der Waals surface area contributed by atoms with Crippen LogP contribution in [0.2, 0.25) is 0 Å². The molecule has 0 bridgehead atoms. The Kier molecular flexibility index (Phi) is 3.19. The molecule has 0 fully saturated rings. The molecule has 70 valence electrons. The average molecular weight is 182 g/mol. The molecular formula is C8H10N2O3. The summed E-state index contributed by atoms with van der Waals surface area (Å²) >= 11 is 0. The Morgan fingerprint density at radius 1 is 1.38 bits per heavy atom. The Hall–Kier alpha value is -1.65. The molecule has 2 amide bonds. The normalized spacial score (nSPS) is 18.7. The smallest absolute Gasteiger partial charge is 0.250 e. The maximum absolute atomic E-state index is 10.0. The Morgan fingerprint density at radius 2 is 2.00 bits per heavy atom. The van der Waals surface area contributed by atoms with Gasteiger partial charge in [-0.15, -0.1) is 0 Å². The SMILES string of the molecule is CC1=NOCC1.O=C1C=CC(=O)N1. The van der Waals surface area contributed by atoms with Crippen molar-refractivity contribution in [2.24, 2.45) is 5.16 Å². The van der Waals surface area contributed by atoms with Crippen LogP contribution in [0.3, 0.4) is 0 Å². The number of carbonyl (C=O) groups excluding carboxylic acids is 2. The highest BCUT2D eigenvalue weighted by Crippen LogP contribution is 1.96. The minimum Gasteiger partial charge on any atom is -0.395 e. The standard InChI is InChI=1S/C4H3NO2.C4H7NO/c6-3-1-2-4(7)5-3;1-4-2-3-6-5-4/h1-2H,(H,5,6,7);2-3H2,1H3. The Labute approximate surface area is 75.4 Å². The number of nitrogens with zero attached hydrogens (tertiary/aromatic N) is 1. The predicted molar refractivity (Wildman–Crippen MR) is 46.0 cm³/mol. The summed E-state index contributed by atoms with van der Waals surface area (Å²) in [7, 11) is 0. The first-order valence-corrected chi connectivity index (χ1v) is 3.87. The maximum Gasteiger partial charge on any atom is 0.250 e. The fraction of sp³-hybridized carbons (Fsp3) is 0.375. The number of carbonyl (C=O) groups is 2. The molecule has 0 aromatic rings. The van der Waals surface area contributed by atoms with Crippen molar-refractivity contribution < 1.29 is 14.4 Å². The van der Waals surface area contributed by atoms with Crippen molar-refractivity contribution in [3.63, 3.8) is 0 Å². The molecule has 2 aliphatic rings. The first-order chi connectivity index (χ1) is 6.18. The van der Waals surface area contributed by atoms with E-state index in [1.807, 2.05) is 12.2 Å². The lowest BCUT2D eigenvalue weighted by atomic mass is 10.3. The van der Waals surface area contributed by atoms with Gasteiger partial charge in [-0.05, 0) is 6.92 Å². The molecule has 0 atom stereocenters. The number of nitrogens with one attached hydrogen (secondary N) is 1. The minimum absolute atomic E-state index is 0.329. The fourth-order valence-corrected chi connectivity index (χ4v) is 0.751. The highest BCUT2D eigenvalue weighted by Gasteiger charge is 2.06. The van der Waals surface area contributed by atoms with E-state index in [0.29, 0.717) is 0 Å². The number of hydrogen-bond acceptors (Lipinski definition) is 4. The summed E-state index contributed by atoms with van der Waals surface area (Å²) in [6.45, 7) is 2.75. The van der Waals surface area contributed by atoms with E-state index in [9.17, 15) is 9.59 Å². The number of imide groups is 1. The lowest BCUT2D eigenvalue weighted by molar-refractivity contribution is -0.123. The lowest BCUT2D eigenvalue weighted by Gasteiger charge is -1.80. The summed E-state index contributed by atoms with van der Waals surface area (Å²) in [5, 5.41) is 5.68. The van der Waals surface area contributed by atoms with Gasteiger partial charge in [-0.25, -0.2) is 0 Å². The van der Waals surface area contributed by atoms with Crippen LogP contribution >= 0.6 is 0 Å². The third kappa shape index (κ3) is 3.50. The van der Waals surface area contributed by atoms with Gasteiger partial charge in [0.05, 0.1) is 5.71 Å². The van der Waals surface area contributed by atoms with Crippen molar-refractivity contribution in [1.29, 1.82) is 0 Å². The van der Waals surface area contributed by atoms with Crippen molar-refractivity contribution in [3.05, 3.63) is 12.2 Å². The minimum atomic E-state index is -0.329. The molecule has 0 aromatic heterocycles. The zero-order valence-electron chi connectivity index (χ0n) is 7.24. The van der Waals surface area contributed by atoms with E-state index in [4.69, 9.17) is 0 Å². The molecule has 2 rings (SSSR count). The van der Waals surface area contributed by atoms with Crippen molar-refractivity contribution in [2.45, 2.75) is 13.3 Å². The van der Waals surface area contributed by atoms with Crippen molar-refractivity contribution in [2.75, 3.05) is 6.61 Å². The molecule has 0 aromatic carbocycles. The van der Waals surface area contributed by atoms with Gasteiger partial charge >= 0.3 is 0 Å². The largest absolute Gasteiger partial charge is 0.395 e. The molecule has 5 nitrogen and oxygen atoms in total. The molecular weight excluding hydrogens is 172 g/mol. The summed E-state index contributed by atoms with van der Waals surface area (Å²) in [5.74, 6) is -0.657. The number of amides is 2. The topological polar surface area (TPSA) is 67.8 Å². The second-order valence-corrected chi connectivity index (χ2v) is 2.60. The molecule has 0 spiro atoms. The van der Waals surface area contributed by atoms with E-state index in [1.54, 1.807) is 0 Å². The molecule has 5 heteroatoms. The van der Waals surface area contributed by atoms with Gasteiger partial charge in [0.25, 0.3) is 11.8 Å². The van der Waals surface area contributed by atoms with Gasteiger partial charge < -0.3 is 4.84 Å². The Bertz CT molecular complexity index is 265. The van der Waals surface area contributed by atoms with Gasteiger partial charge in [-0.1, -0.05) is 5.16 Å². The average Bonchev–Trinajstić information content (AvgIpc) is 2.64. The summed E-state index contributed by atoms with van der Waals surface area (Å²) in [5.41, 5.74) is 1.11. The fourth-order valence-electron chi connectivity index (χ4n) is 0.751. The Balaban J connectivity index is 0.000000132. The van der Waals surface area contributed by atoms with E-state index < -0.39 is 0 Å². The van der Waals surface area contributed by atoms with Crippen LogP contribution in [0.4, 0.5) is 0 Å². The molecule has 0 unspecified atom stereocenters. The van der Waals surface area contributed by atoms with Gasteiger partial charge in [-0.3, -0.25) is 14.9 Å². The van der Waals surface area contributed by atoms with Crippen LogP contribution in [0.15, 0.2) is 17.3 Å². The van der Waals surface area contributed by atoms with E-state index in [0.717, 1.165) is 18.7 Å². The van der Waals surface area contributed by atoms with Crippen LogP contribution in [0, 0.1) is 0 Å². The zero-order chi connectivity index (χ0) is 9.68. The highest BCUT2D eigenvalue weighted by molar-refractivity contribution is 6.12. The van der Waals surface area contributed by atoms with E-state index in [-0.39, 0.29) is 11.8 Å². The molecule has 0 radical (unpaired) electrons. The predicted octanol–water partition coefficient (Wildman–Crippen LogP) is -0.0184. The van der Waals surface area contributed by atoms with E-state index >= 15 is 0 Å². The van der Waals surface area contributed by atoms with Gasteiger partial charge in [0.15, 0.2) is 0 Å². The third-order valence-corrected chi connectivity index (χ3v) is 1.41. The van der Waals surface area contributed by atoms with Crippen LogP contribution in [-0.2, 0) is 14.4 Å². The third-order valence-electron chi connectivity index (χ3n) is 1.41. The van der Waals surface area contributed by atoms with Gasteiger partial charge in [0.2, 0.25) is 0 Å².